The van der Waals surface area contributed by atoms with Gasteiger partial charge in [0.05, 0.1) is 6.54 Å². The van der Waals surface area contributed by atoms with Crippen LogP contribution < -0.4 is 15.4 Å². The zero-order chi connectivity index (χ0) is 17.3. The van der Waals surface area contributed by atoms with Crippen molar-refractivity contribution >= 4 is 11.8 Å². The summed E-state index contributed by atoms with van der Waals surface area (Å²) in [6.45, 7) is 5.43. The molecule has 2 N–H and O–H groups in total. The van der Waals surface area contributed by atoms with Gasteiger partial charge in [-0.2, -0.15) is 0 Å². The first-order valence-electron chi connectivity index (χ1n) is 7.64. The van der Waals surface area contributed by atoms with E-state index < -0.39 is 0 Å². The van der Waals surface area contributed by atoms with Gasteiger partial charge in [0.2, 0.25) is 5.91 Å². The summed E-state index contributed by atoms with van der Waals surface area (Å²) in [5, 5.41) is 5.38. The van der Waals surface area contributed by atoms with Crippen LogP contribution in [0.4, 0.5) is 0 Å². The summed E-state index contributed by atoms with van der Waals surface area (Å²) in [5.41, 5.74) is -0.0282. The van der Waals surface area contributed by atoms with Gasteiger partial charge in [-0.05, 0) is 31.6 Å². The number of rotatable bonds is 9. The second kappa shape index (κ2) is 9.15. The normalized spacial score (nSPS) is 11.2. The molecule has 1 aromatic carbocycles. The number of benzene rings is 1. The third-order valence-electron chi connectivity index (χ3n) is 3.07. The van der Waals surface area contributed by atoms with E-state index in [1.165, 1.54) is 0 Å². The molecule has 0 spiro atoms. The van der Waals surface area contributed by atoms with Crippen molar-refractivity contribution in [2.45, 2.75) is 13.8 Å². The minimum atomic E-state index is -0.323. The summed E-state index contributed by atoms with van der Waals surface area (Å²) in [6, 6.07) is 9.07. The minimum absolute atomic E-state index is 0.0282. The molecule has 0 aliphatic heterocycles. The molecule has 0 atom stereocenters. The molecule has 0 unspecified atom stereocenters. The highest BCUT2D eigenvalue weighted by Crippen LogP contribution is 2.13. The van der Waals surface area contributed by atoms with Gasteiger partial charge in [0.1, 0.15) is 5.75 Å². The van der Waals surface area contributed by atoms with E-state index in [0.717, 1.165) is 6.54 Å². The van der Waals surface area contributed by atoms with E-state index >= 15 is 0 Å². The molecular formula is C17H27N3O3. The molecule has 23 heavy (non-hydrogen) atoms. The van der Waals surface area contributed by atoms with Crippen LogP contribution in [0.2, 0.25) is 0 Å². The number of para-hydroxylation sites is 1. The van der Waals surface area contributed by atoms with E-state index in [1.807, 2.05) is 32.3 Å². The third-order valence-corrected chi connectivity index (χ3v) is 3.07. The topological polar surface area (TPSA) is 70.7 Å². The summed E-state index contributed by atoms with van der Waals surface area (Å²) in [5.74, 6) is 0.0963. The molecular weight excluding hydrogens is 294 g/mol. The number of ether oxygens (including phenoxy) is 1. The molecule has 1 aromatic rings. The van der Waals surface area contributed by atoms with Gasteiger partial charge in [0.25, 0.3) is 5.91 Å². The summed E-state index contributed by atoms with van der Waals surface area (Å²) in [6.07, 6.45) is 0. The Morgan fingerprint density at radius 3 is 2.35 bits per heavy atom. The van der Waals surface area contributed by atoms with Gasteiger partial charge < -0.3 is 20.3 Å². The van der Waals surface area contributed by atoms with Crippen LogP contribution in [0.25, 0.3) is 0 Å². The fourth-order valence-corrected chi connectivity index (χ4v) is 2.21. The zero-order valence-corrected chi connectivity index (χ0v) is 14.4. The first-order chi connectivity index (χ1) is 10.8. The van der Waals surface area contributed by atoms with Crippen molar-refractivity contribution in [3.8, 4) is 5.75 Å². The predicted molar refractivity (Wildman–Crippen MR) is 90.3 cm³/mol. The number of carbonyl (C=O) groups is 2. The maximum absolute atomic E-state index is 11.8. The van der Waals surface area contributed by atoms with Crippen molar-refractivity contribution in [3.05, 3.63) is 30.3 Å². The van der Waals surface area contributed by atoms with E-state index in [2.05, 4.69) is 29.4 Å². The number of hydrogen-bond donors (Lipinski definition) is 2. The molecule has 0 bridgehead atoms. The minimum Gasteiger partial charge on any atom is -0.484 e. The van der Waals surface area contributed by atoms with Gasteiger partial charge in [0, 0.05) is 13.1 Å². The van der Waals surface area contributed by atoms with Crippen LogP contribution >= 0.6 is 0 Å². The SMILES string of the molecule is CN(C)CC(C)(C)CNC(=O)CNC(=O)COc1ccccc1. The van der Waals surface area contributed by atoms with E-state index in [1.54, 1.807) is 12.1 Å². The first-order valence-corrected chi connectivity index (χ1v) is 7.64. The second-order valence-electron chi connectivity index (χ2n) is 6.56. The maximum Gasteiger partial charge on any atom is 0.258 e. The highest BCUT2D eigenvalue weighted by atomic mass is 16.5. The Morgan fingerprint density at radius 2 is 1.74 bits per heavy atom. The van der Waals surface area contributed by atoms with Crippen molar-refractivity contribution < 1.29 is 14.3 Å². The molecule has 1 rings (SSSR count). The zero-order valence-electron chi connectivity index (χ0n) is 14.4. The van der Waals surface area contributed by atoms with Crippen LogP contribution in [-0.4, -0.2) is 57.1 Å². The largest absolute Gasteiger partial charge is 0.484 e. The summed E-state index contributed by atoms with van der Waals surface area (Å²) in [4.78, 5) is 25.5. The van der Waals surface area contributed by atoms with Gasteiger partial charge in [-0.1, -0.05) is 32.0 Å². The molecule has 0 radical (unpaired) electrons. The molecule has 0 saturated heterocycles. The van der Waals surface area contributed by atoms with Gasteiger partial charge in [0.15, 0.2) is 6.61 Å². The smallest absolute Gasteiger partial charge is 0.258 e. The Bertz CT molecular complexity index is 501. The number of nitrogens with one attached hydrogen (secondary N) is 2. The highest BCUT2D eigenvalue weighted by molar-refractivity contribution is 5.85. The van der Waals surface area contributed by atoms with Crippen molar-refractivity contribution in [1.29, 1.82) is 0 Å². The lowest BCUT2D eigenvalue weighted by atomic mass is 9.93. The lowest BCUT2D eigenvalue weighted by Crippen LogP contribution is -2.44. The molecule has 128 valence electrons. The van der Waals surface area contributed by atoms with Gasteiger partial charge in [-0.3, -0.25) is 9.59 Å². The summed E-state index contributed by atoms with van der Waals surface area (Å²) in [7, 11) is 3.99. The van der Waals surface area contributed by atoms with E-state index in [4.69, 9.17) is 4.74 Å². The molecule has 0 aliphatic rings. The van der Waals surface area contributed by atoms with Crippen LogP contribution in [0.1, 0.15) is 13.8 Å². The molecule has 0 aromatic heterocycles. The molecule has 2 amide bonds. The molecule has 6 heteroatoms. The monoisotopic (exact) mass is 321 g/mol. The lowest BCUT2D eigenvalue weighted by molar-refractivity contribution is -0.127. The van der Waals surface area contributed by atoms with Gasteiger partial charge >= 0.3 is 0 Å². The number of amides is 2. The number of carbonyl (C=O) groups excluding carboxylic acids is 2. The standard InChI is InChI=1S/C17H27N3O3/c1-17(2,13-20(3)4)12-19-15(21)10-18-16(22)11-23-14-8-6-5-7-9-14/h5-9H,10-13H2,1-4H3,(H,18,22)(H,19,21). The quantitative estimate of drug-likeness (QED) is 0.708. The van der Waals surface area contributed by atoms with Crippen molar-refractivity contribution in [1.82, 2.24) is 15.5 Å². The molecule has 0 saturated carbocycles. The second-order valence-corrected chi connectivity index (χ2v) is 6.56. The van der Waals surface area contributed by atoms with Crippen molar-refractivity contribution in [3.63, 3.8) is 0 Å². The van der Waals surface area contributed by atoms with Gasteiger partial charge in [-0.25, -0.2) is 0 Å². The molecule has 0 aliphatic carbocycles. The van der Waals surface area contributed by atoms with Crippen LogP contribution in [-0.2, 0) is 9.59 Å². The first kappa shape index (κ1) is 19.0. The van der Waals surface area contributed by atoms with Crippen molar-refractivity contribution in [2.75, 3.05) is 40.3 Å². The number of nitrogens with zero attached hydrogens (tertiary/aromatic N) is 1. The van der Waals surface area contributed by atoms with E-state index in [0.29, 0.717) is 12.3 Å². The maximum atomic E-state index is 11.8. The molecule has 0 fully saturated rings. The Kier molecular flexibility index (Phi) is 7.54. The fraction of sp³-hybridized carbons (Fsp3) is 0.529. The lowest BCUT2D eigenvalue weighted by Gasteiger charge is -2.28. The average molecular weight is 321 g/mol. The Hall–Kier alpha value is -2.08. The van der Waals surface area contributed by atoms with Gasteiger partial charge in [-0.15, -0.1) is 0 Å². The summed E-state index contributed by atoms with van der Waals surface area (Å²) < 4.78 is 5.31. The fourth-order valence-electron chi connectivity index (χ4n) is 2.21. The van der Waals surface area contributed by atoms with E-state index in [-0.39, 0.29) is 30.4 Å². The Morgan fingerprint density at radius 1 is 1.09 bits per heavy atom. The number of hydrogen-bond acceptors (Lipinski definition) is 4. The molecule has 6 nitrogen and oxygen atoms in total. The molecule has 0 heterocycles. The third kappa shape index (κ3) is 8.83. The average Bonchev–Trinajstić information content (AvgIpc) is 2.49. The van der Waals surface area contributed by atoms with Crippen molar-refractivity contribution in [2.24, 2.45) is 5.41 Å². The van der Waals surface area contributed by atoms with Crippen LogP contribution in [0, 0.1) is 5.41 Å². The Labute approximate surface area is 138 Å². The predicted octanol–water partition coefficient (Wildman–Crippen LogP) is 0.886. The van der Waals surface area contributed by atoms with Crippen LogP contribution in [0.3, 0.4) is 0 Å². The van der Waals surface area contributed by atoms with E-state index in [9.17, 15) is 9.59 Å². The Balaban J connectivity index is 2.21. The van der Waals surface area contributed by atoms with Crippen LogP contribution in [0.5, 0.6) is 5.75 Å². The summed E-state index contributed by atoms with van der Waals surface area (Å²) >= 11 is 0. The van der Waals surface area contributed by atoms with Crippen LogP contribution in [0.15, 0.2) is 30.3 Å². The highest BCUT2D eigenvalue weighted by Gasteiger charge is 2.19.